The van der Waals surface area contributed by atoms with Gasteiger partial charge >= 0.3 is 0 Å². The molecule has 24 heavy (non-hydrogen) atoms. The summed E-state index contributed by atoms with van der Waals surface area (Å²) in [6, 6.07) is 11.9. The second-order valence-electron chi connectivity index (χ2n) is 5.53. The number of hydrogen-bond acceptors (Lipinski definition) is 3. The average molecular weight is 330 g/mol. The molecule has 0 aliphatic heterocycles. The lowest BCUT2D eigenvalue weighted by molar-refractivity contribution is -0.120. The van der Waals surface area contributed by atoms with Gasteiger partial charge in [-0.1, -0.05) is 18.2 Å². The van der Waals surface area contributed by atoms with Crippen LogP contribution in [0.3, 0.4) is 0 Å². The maximum absolute atomic E-state index is 13.1. The van der Waals surface area contributed by atoms with E-state index < -0.39 is 11.7 Å². The van der Waals surface area contributed by atoms with Gasteiger partial charge in [-0.3, -0.25) is 9.59 Å². The number of phenolic OH excluding ortho intramolecular Hbond substituents is 1. The number of phenols is 1. The first kappa shape index (κ1) is 17.5. The zero-order chi connectivity index (χ0) is 17.5. The van der Waals surface area contributed by atoms with E-state index in [2.05, 4.69) is 10.6 Å². The molecule has 1 atom stereocenters. The lowest BCUT2D eigenvalue weighted by Gasteiger charge is -2.14. The van der Waals surface area contributed by atoms with Gasteiger partial charge in [0.15, 0.2) is 0 Å². The largest absolute Gasteiger partial charge is 0.508 e. The smallest absolute Gasteiger partial charge is 0.251 e. The van der Waals surface area contributed by atoms with Gasteiger partial charge in [0.25, 0.3) is 5.91 Å². The van der Waals surface area contributed by atoms with E-state index in [-0.39, 0.29) is 29.8 Å². The van der Waals surface area contributed by atoms with Crippen LogP contribution in [0.5, 0.6) is 5.75 Å². The zero-order valence-corrected chi connectivity index (χ0v) is 13.3. The molecule has 2 rings (SSSR count). The van der Waals surface area contributed by atoms with Crippen molar-refractivity contribution in [3.05, 3.63) is 65.5 Å². The Bertz CT molecular complexity index is 716. The minimum Gasteiger partial charge on any atom is -0.508 e. The van der Waals surface area contributed by atoms with Crippen molar-refractivity contribution in [3.8, 4) is 5.75 Å². The van der Waals surface area contributed by atoms with Crippen molar-refractivity contribution in [1.82, 2.24) is 10.6 Å². The summed E-state index contributed by atoms with van der Waals surface area (Å²) in [4.78, 5) is 23.7. The number of carbonyl (C=O) groups excluding carboxylic acids is 2. The Balaban J connectivity index is 1.78. The van der Waals surface area contributed by atoms with E-state index in [0.717, 1.165) is 11.6 Å². The molecule has 0 saturated carbocycles. The summed E-state index contributed by atoms with van der Waals surface area (Å²) < 4.78 is 13.1. The summed E-state index contributed by atoms with van der Waals surface area (Å²) in [5.41, 5.74) is 1.14. The van der Waals surface area contributed by atoms with Crippen LogP contribution in [0.15, 0.2) is 48.5 Å². The summed E-state index contributed by atoms with van der Waals surface area (Å²) in [5.74, 6) is -1.15. The first-order valence-corrected chi connectivity index (χ1v) is 7.55. The number of rotatable bonds is 6. The monoisotopic (exact) mass is 330 g/mol. The molecule has 126 valence electrons. The highest BCUT2D eigenvalue weighted by molar-refractivity contribution is 5.96. The van der Waals surface area contributed by atoms with Crippen LogP contribution in [0.1, 0.15) is 22.8 Å². The van der Waals surface area contributed by atoms with Crippen LogP contribution < -0.4 is 10.6 Å². The topological polar surface area (TPSA) is 78.4 Å². The third-order valence-electron chi connectivity index (χ3n) is 3.38. The maximum Gasteiger partial charge on any atom is 0.251 e. The van der Waals surface area contributed by atoms with E-state index in [1.54, 1.807) is 24.3 Å². The molecule has 2 aromatic rings. The fraction of sp³-hybridized carbons (Fsp3) is 0.222. The van der Waals surface area contributed by atoms with Gasteiger partial charge in [-0.05, 0) is 49.2 Å². The molecule has 0 unspecified atom stereocenters. The van der Waals surface area contributed by atoms with Crippen LogP contribution in [0.2, 0.25) is 0 Å². The number of hydrogen-bond donors (Lipinski definition) is 3. The number of carbonyl (C=O) groups is 2. The van der Waals surface area contributed by atoms with Crippen molar-refractivity contribution in [2.75, 3.05) is 6.54 Å². The SMILES string of the molecule is C[C@@H](Cc1ccc(O)cc1)NC(=O)CNC(=O)c1cccc(F)c1. The molecule has 3 N–H and O–H groups in total. The Labute approximate surface area is 139 Å². The Hall–Kier alpha value is -2.89. The molecule has 2 aromatic carbocycles. The van der Waals surface area contributed by atoms with Gasteiger partial charge in [-0.2, -0.15) is 0 Å². The molecule has 0 aliphatic carbocycles. The Morgan fingerprint density at radius 3 is 2.54 bits per heavy atom. The highest BCUT2D eigenvalue weighted by Gasteiger charge is 2.11. The highest BCUT2D eigenvalue weighted by atomic mass is 19.1. The van der Waals surface area contributed by atoms with Crippen LogP contribution >= 0.6 is 0 Å². The van der Waals surface area contributed by atoms with E-state index in [0.29, 0.717) is 6.42 Å². The molecular formula is C18H19FN2O3. The van der Waals surface area contributed by atoms with Crippen molar-refractivity contribution in [1.29, 1.82) is 0 Å². The minimum atomic E-state index is -0.505. The van der Waals surface area contributed by atoms with E-state index in [1.165, 1.54) is 18.2 Å². The van der Waals surface area contributed by atoms with Crippen molar-refractivity contribution >= 4 is 11.8 Å². The van der Waals surface area contributed by atoms with Crippen molar-refractivity contribution in [2.45, 2.75) is 19.4 Å². The fourth-order valence-electron chi connectivity index (χ4n) is 2.25. The van der Waals surface area contributed by atoms with E-state index in [4.69, 9.17) is 0 Å². The molecule has 2 amide bonds. The normalized spacial score (nSPS) is 11.6. The Morgan fingerprint density at radius 1 is 1.17 bits per heavy atom. The molecule has 0 spiro atoms. The third-order valence-corrected chi connectivity index (χ3v) is 3.38. The van der Waals surface area contributed by atoms with Gasteiger partial charge < -0.3 is 15.7 Å². The summed E-state index contributed by atoms with van der Waals surface area (Å²) in [7, 11) is 0. The first-order valence-electron chi connectivity index (χ1n) is 7.55. The molecule has 0 aromatic heterocycles. The number of benzene rings is 2. The van der Waals surface area contributed by atoms with E-state index in [1.807, 2.05) is 6.92 Å². The lowest BCUT2D eigenvalue weighted by Crippen LogP contribution is -2.41. The van der Waals surface area contributed by atoms with E-state index >= 15 is 0 Å². The van der Waals surface area contributed by atoms with Crippen LogP contribution in [-0.4, -0.2) is 29.5 Å². The number of amides is 2. The first-order chi connectivity index (χ1) is 11.4. The van der Waals surface area contributed by atoms with Gasteiger partial charge in [0, 0.05) is 11.6 Å². The lowest BCUT2D eigenvalue weighted by atomic mass is 10.1. The number of nitrogens with one attached hydrogen (secondary N) is 2. The molecular weight excluding hydrogens is 311 g/mol. The molecule has 0 heterocycles. The number of halogens is 1. The standard InChI is InChI=1S/C18H19FN2O3/c1-12(9-13-5-7-16(22)8-6-13)21-17(23)11-20-18(24)14-3-2-4-15(19)10-14/h2-8,10,12,22H,9,11H2,1H3,(H,20,24)(H,21,23)/t12-/m0/s1. The highest BCUT2D eigenvalue weighted by Crippen LogP contribution is 2.11. The van der Waals surface area contributed by atoms with Gasteiger partial charge in [0.2, 0.25) is 5.91 Å². The van der Waals surface area contributed by atoms with E-state index in [9.17, 15) is 19.1 Å². The van der Waals surface area contributed by atoms with Crippen molar-refractivity contribution in [3.63, 3.8) is 0 Å². The molecule has 0 fully saturated rings. The second kappa shape index (κ2) is 8.10. The fourth-order valence-corrected chi connectivity index (χ4v) is 2.25. The van der Waals surface area contributed by atoms with Gasteiger partial charge in [-0.25, -0.2) is 4.39 Å². The maximum atomic E-state index is 13.1. The average Bonchev–Trinajstić information content (AvgIpc) is 2.54. The summed E-state index contributed by atoms with van der Waals surface area (Å²) >= 11 is 0. The van der Waals surface area contributed by atoms with Crippen LogP contribution in [-0.2, 0) is 11.2 Å². The quantitative estimate of drug-likeness (QED) is 0.758. The Kier molecular flexibility index (Phi) is 5.89. The van der Waals surface area contributed by atoms with Gasteiger partial charge in [-0.15, -0.1) is 0 Å². The third kappa shape index (κ3) is 5.39. The summed E-state index contributed by atoms with van der Waals surface area (Å²) in [5, 5.41) is 14.5. The summed E-state index contributed by atoms with van der Waals surface area (Å²) in [6.45, 7) is 1.66. The van der Waals surface area contributed by atoms with Crippen LogP contribution in [0, 0.1) is 5.82 Å². The van der Waals surface area contributed by atoms with Gasteiger partial charge in [0.05, 0.1) is 6.54 Å². The predicted molar refractivity (Wildman–Crippen MR) is 88.1 cm³/mol. The number of aromatic hydroxyl groups is 1. The van der Waals surface area contributed by atoms with Crippen molar-refractivity contribution in [2.24, 2.45) is 0 Å². The molecule has 5 nitrogen and oxygen atoms in total. The van der Waals surface area contributed by atoms with Crippen LogP contribution in [0.25, 0.3) is 0 Å². The Morgan fingerprint density at radius 2 is 1.88 bits per heavy atom. The zero-order valence-electron chi connectivity index (χ0n) is 13.3. The summed E-state index contributed by atoms with van der Waals surface area (Å²) in [6.07, 6.45) is 0.601. The predicted octanol–water partition coefficient (Wildman–Crippen LogP) is 2.01. The minimum absolute atomic E-state index is 0.131. The molecule has 0 aliphatic rings. The molecule has 0 radical (unpaired) electrons. The van der Waals surface area contributed by atoms with Gasteiger partial charge in [0.1, 0.15) is 11.6 Å². The molecule has 0 saturated heterocycles. The second-order valence-corrected chi connectivity index (χ2v) is 5.53. The van der Waals surface area contributed by atoms with Crippen molar-refractivity contribution < 1.29 is 19.1 Å². The molecule has 6 heteroatoms. The van der Waals surface area contributed by atoms with Crippen LogP contribution in [0.4, 0.5) is 4.39 Å². The molecule has 0 bridgehead atoms.